The molecule has 29 heavy (non-hydrogen) atoms. The average molecular weight is 393 g/mol. The molecule has 6 nitrogen and oxygen atoms in total. The number of pyridine rings is 1. The zero-order valence-corrected chi connectivity index (χ0v) is 15.8. The van der Waals surface area contributed by atoms with Gasteiger partial charge in [-0.25, -0.2) is 4.39 Å². The van der Waals surface area contributed by atoms with Crippen LogP contribution in [0.1, 0.15) is 26.4 Å². The van der Waals surface area contributed by atoms with Crippen molar-refractivity contribution < 1.29 is 18.7 Å². The second kappa shape index (κ2) is 9.45. The van der Waals surface area contributed by atoms with Crippen molar-refractivity contribution in [3.8, 4) is 5.75 Å². The lowest BCUT2D eigenvalue weighted by atomic mass is 10.1. The number of nitrogens with one attached hydrogen (secondary N) is 2. The monoisotopic (exact) mass is 393 g/mol. The summed E-state index contributed by atoms with van der Waals surface area (Å²) in [7, 11) is 1.60. The van der Waals surface area contributed by atoms with Gasteiger partial charge in [0.25, 0.3) is 11.8 Å². The number of hydrogen-bond donors (Lipinski definition) is 2. The third kappa shape index (κ3) is 5.62. The molecule has 0 unspecified atom stereocenters. The molecule has 0 atom stereocenters. The summed E-state index contributed by atoms with van der Waals surface area (Å²) in [5, 5.41) is 5.44. The molecular formula is C22H20FN3O3. The number of ether oxygens (including phenoxy) is 1. The number of rotatable bonds is 7. The molecule has 2 N–H and O–H groups in total. The molecule has 0 bridgehead atoms. The highest BCUT2D eigenvalue weighted by molar-refractivity contribution is 6.05. The van der Waals surface area contributed by atoms with E-state index in [9.17, 15) is 14.0 Å². The van der Waals surface area contributed by atoms with Crippen LogP contribution in [0.4, 0.5) is 10.1 Å². The number of carbonyl (C=O) groups excluding carboxylic acids is 2. The van der Waals surface area contributed by atoms with Gasteiger partial charge in [0.2, 0.25) is 0 Å². The van der Waals surface area contributed by atoms with Crippen LogP contribution < -0.4 is 15.4 Å². The number of aromatic nitrogens is 1. The van der Waals surface area contributed by atoms with Gasteiger partial charge >= 0.3 is 0 Å². The third-order valence-electron chi connectivity index (χ3n) is 4.19. The predicted octanol–water partition coefficient (Wildman–Crippen LogP) is 3.45. The van der Waals surface area contributed by atoms with Crippen molar-refractivity contribution >= 4 is 17.5 Å². The Morgan fingerprint density at radius 1 is 1.03 bits per heavy atom. The van der Waals surface area contributed by atoms with E-state index in [0.717, 1.165) is 11.3 Å². The van der Waals surface area contributed by atoms with Gasteiger partial charge in [0.15, 0.2) is 0 Å². The van der Waals surface area contributed by atoms with Crippen LogP contribution in [0.25, 0.3) is 0 Å². The number of carbonyl (C=O) groups is 2. The van der Waals surface area contributed by atoms with Crippen LogP contribution in [0.3, 0.4) is 0 Å². The van der Waals surface area contributed by atoms with E-state index in [-0.39, 0.29) is 23.0 Å². The normalized spacial score (nSPS) is 10.3. The lowest BCUT2D eigenvalue weighted by Crippen LogP contribution is -2.27. The van der Waals surface area contributed by atoms with E-state index in [1.54, 1.807) is 7.11 Å². The van der Waals surface area contributed by atoms with Crippen LogP contribution >= 0.6 is 0 Å². The Morgan fingerprint density at radius 2 is 1.83 bits per heavy atom. The SMILES string of the molecule is COc1cccc(CCNC(=O)c2cc(C(=O)Nc3ccc(F)cc3)ccn2)c1. The largest absolute Gasteiger partial charge is 0.497 e. The van der Waals surface area contributed by atoms with Gasteiger partial charge in [0.05, 0.1) is 7.11 Å². The highest BCUT2D eigenvalue weighted by Crippen LogP contribution is 2.13. The van der Waals surface area contributed by atoms with Crippen molar-refractivity contribution in [2.24, 2.45) is 0 Å². The van der Waals surface area contributed by atoms with Gasteiger partial charge < -0.3 is 15.4 Å². The molecule has 0 aliphatic heterocycles. The second-order valence-electron chi connectivity index (χ2n) is 6.25. The number of benzene rings is 2. The summed E-state index contributed by atoms with van der Waals surface area (Å²) in [5.74, 6) is -0.413. The molecule has 2 aromatic carbocycles. The fourth-order valence-electron chi connectivity index (χ4n) is 2.67. The van der Waals surface area contributed by atoms with E-state index >= 15 is 0 Å². The lowest BCUT2D eigenvalue weighted by Gasteiger charge is -2.08. The highest BCUT2D eigenvalue weighted by Gasteiger charge is 2.12. The highest BCUT2D eigenvalue weighted by atomic mass is 19.1. The summed E-state index contributed by atoms with van der Waals surface area (Å²) < 4.78 is 18.1. The molecule has 3 aromatic rings. The van der Waals surface area contributed by atoms with Gasteiger partial charge in [-0.2, -0.15) is 0 Å². The summed E-state index contributed by atoms with van der Waals surface area (Å²) in [6.07, 6.45) is 2.03. The number of amides is 2. The van der Waals surface area contributed by atoms with E-state index in [1.165, 1.54) is 42.6 Å². The van der Waals surface area contributed by atoms with Crippen LogP contribution in [-0.4, -0.2) is 30.5 Å². The number of methoxy groups -OCH3 is 1. The number of anilines is 1. The van der Waals surface area contributed by atoms with E-state index in [1.807, 2.05) is 24.3 Å². The molecule has 0 saturated carbocycles. The molecule has 0 aliphatic carbocycles. The lowest BCUT2D eigenvalue weighted by molar-refractivity contribution is 0.0949. The Kier molecular flexibility index (Phi) is 6.52. The summed E-state index contributed by atoms with van der Waals surface area (Å²) in [5.41, 5.74) is 1.91. The molecule has 0 fully saturated rings. The number of nitrogens with zero attached hydrogens (tertiary/aromatic N) is 1. The Bertz CT molecular complexity index is 1010. The van der Waals surface area contributed by atoms with Crippen molar-refractivity contribution in [2.45, 2.75) is 6.42 Å². The van der Waals surface area contributed by atoms with Crippen LogP contribution in [0, 0.1) is 5.82 Å². The maximum atomic E-state index is 13.0. The Hall–Kier alpha value is -3.74. The first-order valence-electron chi connectivity index (χ1n) is 8.99. The number of halogens is 1. The van der Waals surface area contributed by atoms with E-state index in [2.05, 4.69) is 15.6 Å². The molecule has 0 aliphatic rings. The Morgan fingerprint density at radius 3 is 2.59 bits per heavy atom. The summed E-state index contributed by atoms with van der Waals surface area (Å²) in [4.78, 5) is 28.7. The minimum absolute atomic E-state index is 0.141. The number of hydrogen-bond acceptors (Lipinski definition) is 4. The van der Waals surface area contributed by atoms with Gasteiger partial charge in [-0.1, -0.05) is 12.1 Å². The zero-order chi connectivity index (χ0) is 20.6. The van der Waals surface area contributed by atoms with E-state index in [4.69, 9.17) is 4.74 Å². The van der Waals surface area contributed by atoms with Gasteiger partial charge in [-0.05, 0) is 60.5 Å². The van der Waals surface area contributed by atoms with Gasteiger partial charge in [0.1, 0.15) is 17.3 Å². The maximum absolute atomic E-state index is 13.0. The van der Waals surface area contributed by atoms with Gasteiger partial charge in [0, 0.05) is 24.0 Å². The Balaban J connectivity index is 1.58. The maximum Gasteiger partial charge on any atom is 0.269 e. The van der Waals surface area contributed by atoms with Crippen LogP contribution in [-0.2, 0) is 6.42 Å². The van der Waals surface area contributed by atoms with E-state index < -0.39 is 5.91 Å². The smallest absolute Gasteiger partial charge is 0.269 e. The van der Waals surface area contributed by atoms with Crippen molar-refractivity contribution in [3.05, 3.63) is 89.5 Å². The molecule has 3 rings (SSSR count). The Labute approximate surface area is 167 Å². The predicted molar refractivity (Wildman–Crippen MR) is 108 cm³/mol. The first kappa shape index (κ1) is 20.0. The van der Waals surface area contributed by atoms with Crippen molar-refractivity contribution in [3.63, 3.8) is 0 Å². The molecule has 2 amide bonds. The summed E-state index contributed by atoms with van der Waals surface area (Å²) in [6.45, 7) is 0.416. The fourth-order valence-corrected chi connectivity index (χ4v) is 2.67. The van der Waals surface area contributed by atoms with Crippen molar-refractivity contribution in [1.29, 1.82) is 0 Å². The molecule has 148 valence electrons. The van der Waals surface area contributed by atoms with Crippen molar-refractivity contribution in [2.75, 3.05) is 19.0 Å². The minimum Gasteiger partial charge on any atom is -0.497 e. The van der Waals surface area contributed by atoms with Crippen LogP contribution in [0.2, 0.25) is 0 Å². The van der Waals surface area contributed by atoms with Crippen LogP contribution in [0.5, 0.6) is 5.75 Å². The summed E-state index contributed by atoms with van der Waals surface area (Å²) >= 11 is 0. The summed E-state index contributed by atoms with van der Waals surface area (Å²) in [6, 6.07) is 16.0. The first-order valence-corrected chi connectivity index (χ1v) is 8.99. The molecule has 1 aromatic heterocycles. The standard InChI is InChI=1S/C22H20FN3O3/c1-29-19-4-2-3-15(13-19)9-11-25-22(28)20-14-16(10-12-24-20)21(27)26-18-7-5-17(23)6-8-18/h2-8,10,12-14H,9,11H2,1H3,(H,25,28)(H,26,27). The van der Waals surface area contributed by atoms with Crippen LogP contribution in [0.15, 0.2) is 66.9 Å². The fraction of sp³-hybridized carbons (Fsp3) is 0.136. The van der Waals surface area contributed by atoms with Gasteiger partial charge in [-0.15, -0.1) is 0 Å². The van der Waals surface area contributed by atoms with E-state index in [0.29, 0.717) is 18.7 Å². The molecule has 7 heteroatoms. The first-order chi connectivity index (χ1) is 14.0. The molecule has 1 heterocycles. The average Bonchev–Trinajstić information content (AvgIpc) is 2.75. The quantitative estimate of drug-likeness (QED) is 0.644. The molecule has 0 saturated heterocycles. The minimum atomic E-state index is -0.413. The molecule has 0 radical (unpaired) electrons. The third-order valence-corrected chi connectivity index (χ3v) is 4.19. The van der Waals surface area contributed by atoms with Gasteiger partial charge in [-0.3, -0.25) is 14.6 Å². The topological polar surface area (TPSA) is 80.3 Å². The van der Waals surface area contributed by atoms with Crippen molar-refractivity contribution in [1.82, 2.24) is 10.3 Å². The second-order valence-corrected chi connectivity index (χ2v) is 6.25. The zero-order valence-electron chi connectivity index (χ0n) is 15.8. The molecular weight excluding hydrogens is 373 g/mol. The molecule has 0 spiro atoms.